The summed E-state index contributed by atoms with van der Waals surface area (Å²) in [5.41, 5.74) is 2.97. The van der Waals surface area contributed by atoms with Crippen LogP contribution in [0.15, 0.2) is 66.3 Å². The minimum Gasteiger partial charge on any atom is -0.507 e. The number of anilines is 1. The number of aliphatic hydroxyl groups is 5. The number of hydrogen-bond acceptors (Lipinski definition) is 14. The fraction of sp³-hybridized carbons (Fsp3) is 0.591. The number of hydrogen-bond donors (Lipinski definition) is 8. The van der Waals surface area contributed by atoms with Crippen LogP contribution in [0, 0.1) is 53.3 Å². The lowest BCUT2D eigenvalue weighted by Gasteiger charge is -2.66. The van der Waals surface area contributed by atoms with Gasteiger partial charge >= 0.3 is 11.9 Å². The van der Waals surface area contributed by atoms with Crippen LogP contribution in [0.3, 0.4) is 0 Å². The second-order valence-electron chi connectivity index (χ2n) is 25.6. The first-order valence-corrected chi connectivity index (χ1v) is 29.9. The zero-order chi connectivity index (χ0) is 55.8. The van der Waals surface area contributed by atoms with Crippen LogP contribution in [0.5, 0.6) is 11.5 Å². The Kier molecular flexibility index (Phi) is 15.2. The standard InChI is InChI=1S/C66H80N2O12/c1-65(76,55(71)33-78-3)34-68-53-29-41(27-49-46(53)20-21-52(67-2)62(49)74)38-16-17-39-32-57(72)80-63-48(39)28-42(61(73)58(63)37-12-5-4-6-13-37)31-56-66(77)51-15-8-7-14-45(51)47-19-18-40-30-54(70)50(59(47)60(40)66)24-36-11-9-10-35(22-36)23-44(69)26-43(25-38)64(75)79-56/h7,9-11,14,22,26-29,37-40,44-45,47,50-52,55-56,59-60,62,67-69,71,73-74,76-77H,4-6,8,12-13,15,18-21,23-25,30-34H2,1-3H3/b43-26-/t38-,39+,40-,44+,45-,47-,50-,51-,52+,55+,56+,59+,60-,62+,65+,66+/m0/s1. The zero-order valence-corrected chi connectivity index (χ0v) is 46.5. The molecule has 16 atom stereocenters. The third-order valence-electron chi connectivity index (χ3n) is 20.8. The van der Waals surface area contributed by atoms with Crippen molar-refractivity contribution in [2.75, 3.05) is 32.6 Å². The summed E-state index contributed by atoms with van der Waals surface area (Å²) in [6, 6.07) is 13.4. The third-order valence-corrected chi connectivity index (χ3v) is 20.8. The van der Waals surface area contributed by atoms with Crippen LogP contribution in [-0.2, 0) is 49.5 Å². The number of ether oxygens (including phenoxy) is 3. The molecule has 3 aliphatic heterocycles. The van der Waals surface area contributed by atoms with Gasteiger partial charge in [0.1, 0.15) is 40.7 Å². The first-order chi connectivity index (χ1) is 38.5. The molecule has 14 nitrogen and oxygen atoms in total. The third kappa shape index (κ3) is 9.94. The molecule has 0 radical (unpaired) electrons. The molecule has 6 aliphatic carbocycles. The number of carbonyl (C=O) groups is 3. The number of allylic oxidation sites excluding steroid dienone is 2. The minimum atomic E-state index is -1.67. The Hall–Kier alpha value is -5.37. The Bertz CT molecular complexity index is 3040. The lowest BCUT2D eigenvalue weighted by molar-refractivity contribution is -0.256. The Balaban J connectivity index is 1.08. The number of nitrogens with one attached hydrogen (secondary N) is 2. The molecule has 3 aromatic carbocycles. The first kappa shape index (κ1) is 55.2. The zero-order valence-electron chi connectivity index (χ0n) is 46.5. The molecule has 0 unspecified atom stereocenters. The summed E-state index contributed by atoms with van der Waals surface area (Å²) >= 11 is 0. The van der Waals surface area contributed by atoms with E-state index >= 15 is 4.79 Å². The number of phenols is 1. The van der Waals surface area contributed by atoms with Gasteiger partial charge in [0.15, 0.2) is 0 Å². The number of benzene rings is 3. The number of Topliss-reactive ketones (excluding diaryl/α,β-unsaturated/α-hetero) is 1. The van der Waals surface area contributed by atoms with Crippen molar-refractivity contribution in [1.82, 2.24) is 5.32 Å². The van der Waals surface area contributed by atoms with Gasteiger partial charge in [0.25, 0.3) is 0 Å². The maximum atomic E-state index is 16.0. The van der Waals surface area contributed by atoms with Gasteiger partial charge in [0.05, 0.1) is 31.2 Å². The molecule has 426 valence electrons. The van der Waals surface area contributed by atoms with E-state index in [1.807, 2.05) is 43.4 Å². The molecule has 4 fully saturated rings. The maximum absolute atomic E-state index is 16.0. The van der Waals surface area contributed by atoms with E-state index in [4.69, 9.17) is 14.2 Å². The van der Waals surface area contributed by atoms with Crippen LogP contribution in [0.4, 0.5) is 5.69 Å². The molecule has 12 rings (SSSR count). The van der Waals surface area contributed by atoms with Crippen molar-refractivity contribution in [1.29, 1.82) is 0 Å². The maximum Gasteiger partial charge on any atom is 0.334 e. The van der Waals surface area contributed by atoms with Crippen LogP contribution in [0.25, 0.3) is 0 Å². The topological polar surface area (TPSA) is 224 Å². The quantitative estimate of drug-likeness (QED) is 0.0451. The van der Waals surface area contributed by atoms with E-state index in [-0.39, 0.29) is 97.5 Å². The van der Waals surface area contributed by atoms with Crippen molar-refractivity contribution in [3.05, 3.63) is 111 Å². The number of likely N-dealkylation sites (N-methyl/N-ethyl adjacent to an activating group) is 1. The molecule has 3 aromatic rings. The fourth-order valence-corrected chi connectivity index (χ4v) is 16.9. The number of fused-ring (bicyclic) bond motifs is 11. The highest BCUT2D eigenvalue weighted by Gasteiger charge is 2.68. The van der Waals surface area contributed by atoms with E-state index in [2.05, 4.69) is 40.7 Å². The Morgan fingerprint density at radius 2 is 1.69 bits per heavy atom. The molecule has 3 heterocycles. The molecule has 12 bridgehead atoms. The predicted molar refractivity (Wildman–Crippen MR) is 300 cm³/mol. The Morgan fingerprint density at radius 3 is 2.48 bits per heavy atom. The average Bonchev–Trinajstić information content (AvgIpc) is 1.79. The van der Waals surface area contributed by atoms with Gasteiger partial charge < -0.3 is 55.5 Å². The monoisotopic (exact) mass is 1090 g/mol. The second-order valence-corrected chi connectivity index (χ2v) is 25.6. The van der Waals surface area contributed by atoms with Crippen molar-refractivity contribution in [3.63, 3.8) is 0 Å². The van der Waals surface area contributed by atoms with Crippen molar-refractivity contribution in [2.24, 2.45) is 41.4 Å². The van der Waals surface area contributed by atoms with Gasteiger partial charge in [-0.1, -0.05) is 73.6 Å². The highest BCUT2D eigenvalue weighted by atomic mass is 16.6. The molecule has 0 aromatic heterocycles. The molecule has 14 heteroatoms. The molecule has 4 saturated carbocycles. The van der Waals surface area contributed by atoms with E-state index in [1.165, 1.54) is 14.0 Å². The van der Waals surface area contributed by atoms with E-state index in [9.17, 15) is 40.2 Å². The Morgan fingerprint density at radius 1 is 0.900 bits per heavy atom. The summed E-state index contributed by atoms with van der Waals surface area (Å²) < 4.78 is 18.6. The number of aliphatic hydroxyl groups excluding tert-OH is 3. The second kappa shape index (κ2) is 22.1. The summed E-state index contributed by atoms with van der Waals surface area (Å²) in [7, 11) is 3.26. The number of ketones is 1. The van der Waals surface area contributed by atoms with Crippen molar-refractivity contribution in [3.8, 4) is 23.3 Å². The van der Waals surface area contributed by atoms with Crippen LogP contribution >= 0.6 is 0 Å². The number of aromatic hydroxyl groups is 1. The highest BCUT2D eigenvalue weighted by Crippen LogP contribution is 2.65. The van der Waals surface area contributed by atoms with Crippen molar-refractivity contribution < 1.29 is 59.2 Å². The smallest absolute Gasteiger partial charge is 0.334 e. The summed E-state index contributed by atoms with van der Waals surface area (Å²) in [4.78, 5) is 44.8. The minimum absolute atomic E-state index is 0.0299. The number of methoxy groups -OCH3 is 1. The normalized spacial score (nSPS) is 35.5. The van der Waals surface area contributed by atoms with E-state index in [0.29, 0.717) is 71.4 Å². The molecule has 0 spiro atoms. The number of carbonyl (C=O) groups excluding carboxylic acids is 3. The molecular formula is C66H80N2O12. The van der Waals surface area contributed by atoms with Crippen molar-refractivity contribution >= 4 is 23.4 Å². The van der Waals surface area contributed by atoms with E-state index in [0.717, 1.165) is 68.1 Å². The Labute approximate surface area is 469 Å². The van der Waals surface area contributed by atoms with E-state index < -0.39 is 71.2 Å². The molecule has 9 aliphatic rings. The molecular weight excluding hydrogens is 1010 g/mol. The summed E-state index contributed by atoms with van der Waals surface area (Å²) in [6.07, 6.45) is 10.8. The van der Waals surface area contributed by atoms with Gasteiger partial charge in [-0.25, -0.2) is 4.79 Å². The van der Waals surface area contributed by atoms with Gasteiger partial charge in [-0.2, -0.15) is 0 Å². The average molecular weight is 1090 g/mol. The molecule has 80 heavy (non-hydrogen) atoms. The van der Waals surface area contributed by atoms with Gasteiger partial charge in [0.2, 0.25) is 0 Å². The van der Waals surface area contributed by atoms with Gasteiger partial charge in [-0.05, 0) is 171 Å². The largest absolute Gasteiger partial charge is 0.507 e. The SMILES string of the molecule is CN[C@@H]1CCc2c(NC[C@@](C)(O)[C@H](O)COC)cc([C@H]3C#C[C@@H]4CC(=O)Oc5c4cc(c(O)c5C4CCCCC4)C[C@H]4OC(=O)/C(=C\[C@H](O)Cc5cccc(c5)C[C@H]5C(=O)C[C@@H]6CC[C@H]7[C@@H]8C=CCC[C@@H]8[C@]4(O)[C@@H]6[C@H]75)C3)cc2[C@H]1O. The van der Waals surface area contributed by atoms with Crippen LogP contribution in [-0.4, -0.2) is 111 Å². The van der Waals surface area contributed by atoms with Gasteiger partial charge in [0, 0.05) is 73.2 Å². The molecule has 8 N–H and O–H groups in total. The summed E-state index contributed by atoms with van der Waals surface area (Å²) in [5, 5.41) is 81.2. The lowest BCUT2D eigenvalue weighted by atomic mass is 9.40. The van der Waals surface area contributed by atoms with Crippen LogP contribution in [0.2, 0.25) is 0 Å². The summed E-state index contributed by atoms with van der Waals surface area (Å²) in [5.74, 6) is 3.17. The van der Waals surface area contributed by atoms with Gasteiger partial charge in [-0.15, -0.1) is 0 Å². The first-order valence-electron chi connectivity index (χ1n) is 29.9. The fourth-order valence-electron chi connectivity index (χ4n) is 16.9. The number of rotatable bonds is 9. The van der Waals surface area contributed by atoms with Crippen LogP contribution < -0.4 is 15.4 Å². The lowest BCUT2D eigenvalue weighted by Crippen LogP contribution is -2.71. The summed E-state index contributed by atoms with van der Waals surface area (Å²) in [6.45, 7) is 1.34. The molecule has 0 saturated heterocycles. The van der Waals surface area contributed by atoms with Crippen molar-refractivity contribution in [2.45, 2.75) is 175 Å². The van der Waals surface area contributed by atoms with E-state index in [1.54, 1.807) is 6.08 Å². The predicted octanol–water partition coefficient (Wildman–Crippen LogP) is 7.48. The van der Waals surface area contributed by atoms with Crippen LogP contribution in [0.1, 0.15) is 159 Å². The number of esters is 2. The molecule has 0 amide bonds. The number of phenolic OH excluding ortho intramolecular Hbond substituents is 1. The highest BCUT2D eigenvalue weighted by molar-refractivity contribution is 5.89. The van der Waals surface area contributed by atoms with Gasteiger partial charge in [-0.3, -0.25) is 9.59 Å².